The highest BCUT2D eigenvalue weighted by Crippen LogP contribution is 2.66. The van der Waals surface area contributed by atoms with E-state index in [0.29, 0.717) is 23.0 Å². The summed E-state index contributed by atoms with van der Waals surface area (Å²) in [7, 11) is 0. The third kappa shape index (κ3) is 2.07. The van der Waals surface area contributed by atoms with Gasteiger partial charge >= 0.3 is 0 Å². The van der Waals surface area contributed by atoms with E-state index in [4.69, 9.17) is 0 Å². The second-order valence-corrected chi connectivity index (χ2v) is 9.82. The molecular weight excluding hydrogens is 280 g/mol. The monoisotopic (exact) mass is 314 g/mol. The number of carbonyl (C=O) groups excluding carboxylic acids is 1. The van der Waals surface area contributed by atoms with Crippen LogP contribution in [-0.2, 0) is 4.79 Å². The molecule has 0 spiro atoms. The van der Waals surface area contributed by atoms with Crippen LogP contribution < -0.4 is 0 Å². The highest BCUT2D eigenvalue weighted by Gasteiger charge is 2.59. The first-order valence-electron chi connectivity index (χ1n) is 10.1. The molecule has 0 amide bonds. The lowest BCUT2D eigenvalue weighted by Gasteiger charge is -2.56. The van der Waals surface area contributed by atoms with Crippen LogP contribution in [0.3, 0.4) is 0 Å². The molecule has 0 saturated heterocycles. The summed E-state index contributed by atoms with van der Waals surface area (Å²) in [6.45, 7) is 9.20. The quantitative estimate of drug-likeness (QED) is 0.560. The van der Waals surface area contributed by atoms with E-state index in [-0.39, 0.29) is 5.41 Å². The number of rotatable bonds is 1. The molecule has 0 aliphatic heterocycles. The first-order valence-corrected chi connectivity index (χ1v) is 10.1. The fourth-order valence-corrected chi connectivity index (χ4v) is 7.79. The molecule has 3 saturated carbocycles. The molecule has 4 rings (SSSR count). The molecule has 2 unspecified atom stereocenters. The Labute approximate surface area is 142 Å². The molecule has 0 aromatic rings. The Kier molecular flexibility index (Phi) is 3.60. The van der Waals surface area contributed by atoms with Gasteiger partial charge in [-0.05, 0) is 80.0 Å². The van der Waals surface area contributed by atoms with Gasteiger partial charge in [0.2, 0.25) is 0 Å². The molecular formula is C22H34O. The molecule has 0 heterocycles. The van der Waals surface area contributed by atoms with Crippen molar-refractivity contribution in [2.45, 2.75) is 79.1 Å². The van der Waals surface area contributed by atoms with Crippen LogP contribution >= 0.6 is 0 Å². The smallest absolute Gasteiger partial charge is 0.133 e. The average molecular weight is 315 g/mol. The number of ketones is 1. The molecule has 0 aromatic heterocycles. The van der Waals surface area contributed by atoms with Crippen LogP contribution in [0.4, 0.5) is 0 Å². The first kappa shape index (κ1) is 15.9. The largest absolute Gasteiger partial charge is 0.300 e. The van der Waals surface area contributed by atoms with Crippen molar-refractivity contribution in [2.75, 3.05) is 0 Å². The molecule has 4 aliphatic rings. The zero-order valence-corrected chi connectivity index (χ0v) is 15.5. The maximum Gasteiger partial charge on any atom is 0.133 e. The third-order valence-corrected chi connectivity index (χ3v) is 8.72. The standard InChI is InChI=1S/C22H34O/c1-14-13-19-17-9-8-16-7-5-6-11-21(16,3)18(17)10-12-22(19,4)20(14)15(2)23/h10,14,16-17,19-20H,5-9,11-13H2,1-4H3/t14?,16?,17-,19+,20-,21+,22+/m1/s1. The summed E-state index contributed by atoms with van der Waals surface area (Å²) in [5.74, 6) is 3.78. The number of hydrogen-bond donors (Lipinski definition) is 0. The van der Waals surface area contributed by atoms with Crippen LogP contribution in [0.1, 0.15) is 79.1 Å². The van der Waals surface area contributed by atoms with Crippen molar-refractivity contribution >= 4 is 5.78 Å². The SMILES string of the molecule is CC(=O)[C@H]1C(C)C[C@H]2[C@@H]3CCC4CCCC[C@]4(C)C3=CC[C@]12C. The molecule has 128 valence electrons. The van der Waals surface area contributed by atoms with E-state index >= 15 is 0 Å². The van der Waals surface area contributed by atoms with E-state index in [0.717, 1.165) is 24.2 Å². The highest BCUT2D eigenvalue weighted by atomic mass is 16.1. The molecule has 0 radical (unpaired) electrons. The number of Topliss-reactive ketones (excluding diaryl/α,β-unsaturated/α-hetero) is 1. The van der Waals surface area contributed by atoms with Crippen molar-refractivity contribution in [1.82, 2.24) is 0 Å². The Morgan fingerprint density at radius 2 is 1.96 bits per heavy atom. The first-order chi connectivity index (χ1) is 10.9. The molecule has 7 atom stereocenters. The van der Waals surface area contributed by atoms with Crippen LogP contribution in [0.15, 0.2) is 11.6 Å². The van der Waals surface area contributed by atoms with Gasteiger partial charge in [0.05, 0.1) is 0 Å². The molecule has 23 heavy (non-hydrogen) atoms. The van der Waals surface area contributed by atoms with Gasteiger partial charge in [-0.1, -0.05) is 45.3 Å². The van der Waals surface area contributed by atoms with Crippen LogP contribution in [0.25, 0.3) is 0 Å². The summed E-state index contributed by atoms with van der Waals surface area (Å²) in [4.78, 5) is 12.3. The minimum Gasteiger partial charge on any atom is -0.300 e. The van der Waals surface area contributed by atoms with Crippen molar-refractivity contribution in [1.29, 1.82) is 0 Å². The molecule has 0 N–H and O–H groups in total. The van der Waals surface area contributed by atoms with Crippen molar-refractivity contribution in [3.63, 3.8) is 0 Å². The maximum atomic E-state index is 12.3. The van der Waals surface area contributed by atoms with E-state index in [1.165, 1.54) is 44.9 Å². The van der Waals surface area contributed by atoms with Gasteiger partial charge in [0.25, 0.3) is 0 Å². The van der Waals surface area contributed by atoms with Crippen molar-refractivity contribution in [3.05, 3.63) is 11.6 Å². The molecule has 4 aliphatic carbocycles. The number of allylic oxidation sites excluding steroid dienone is 2. The summed E-state index contributed by atoms with van der Waals surface area (Å²) in [6.07, 6.45) is 13.6. The topological polar surface area (TPSA) is 17.1 Å². The number of hydrogen-bond acceptors (Lipinski definition) is 1. The normalized spacial score (nSPS) is 52.2. The van der Waals surface area contributed by atoms with Gasteiger partial charge in [-0.3, -0.25) is 4.79 Å². The number of carbonyl (C=O) groups is 1. The summed E-state index contributed by atoms with van der Waals surface area (Å²) in [5.41, 5.74) is 2.55. The minimum atomic E-state index is 0.233. The Morgan fingerprint density at radius 1 is 1.17 bits per heavy atom. The minimum absolute atomic E-state index is 0.233. The Balaban J connectivity index is 1.72. The van der Waals surface area contributed by atoms with Gasteiger partial charge in [-0.15, -0.1) is 0 Å². The molecule has 1 nitrogen and oxygen atoms in total. The van der Waals surface area contributed by atoms with E-state index in [2.05, 4.69) is 26.8 Å². The van der Waals surface area contributed by atoms with Crippen LogP contribution in [0, 0.1) is 40.4 Å². The highest BCUT2D eigenvalue weighted by molar-refractivity contribution is 5.80. The summed E-state index contributed by atoms with van der Waals surface area (Å²) in [5, 5.41) is 0. The number of fused-ring (bicyclic) bond motifs is 5. The predicted octanol–water partition coefficient (Wildman–Crippen LogP) is 5.79. The van der Waals surface area contributed by atoms with E-state index in [1.807, 2.05) is 12.5 Å². The zero-order chi connectivity index (χ0) is 16.4. The van der Waals surface area contributed by atoms with Crippen molar-refractivity contribution in [2.24, 2.45) is 40.4 Å². The lowest BCUT2D eigenvalue weighted by Crippen LogP contribution is -2.47. The fraction of sp³-hybridized carbons (Fsp3) is 0.864. The van der Waals surface area contributed by atoms with E-state index in [1.54, 1.807) is 0 Å². The lowest BCUT2D eigenvalue weighted by molar-refractivity contribution is -0.126. The molecule has 0 bridgehead atoms. The average Bonchev–Trinajstić information content (AvgIpc) is 2.77. The summed E-state index contributed by atoms with van der Waals surface area (Å²) in [6, 6.07) is 0. The van der Waals surface area contributed by atoms with Gasteiger partial charge < -0.3 is 0 Å². The Morgan fingerprint density at radius 3 is 2.70 bits per heavy atom. The van der Waals surface area contributed by atoms with Crippen LogP contribution in [0.5, 0.6) is 0 Å². The second-order valence-electron chi connectivity index (χ2n) is 9.82. The summed E-state index contributed by atoms with van der Waals surface area (Å²) < 4.78 is 0. The van der Waals surface area contributed by atoms with Gasteiger partial charge in [0.1, 0.15) is 5.78 Å². The van der Waals surface area contributed by atoms with Crippen molar-refractivity contribution < 1.29 is 4.79 Å². The van der Waals surface area contributed by atoms with Crippen LogP contribution in [-0.4, -0.2) is 5.78 Å². The van der Waals surface area contributed by atoms with Gasteiger partial charge in [-0.25, -0.2) is 0 Å². The van der Waals surface area contributed by atoms with E-state index in [9.17, 15) is 4.79 Å². The van der Waals surface area contributed by atoms with E-state index < -0.39 is 0 Å². The molecule has 3 fully saturated rings. The molecule has 0 aromatic carbocycles. The maximum absolute atomic E-state index is 12.3. The Hall–Kier alpha value is -0.590. The van der Waals surface area contributed by atoms with Gasteiger partial charge in [-0.2, -0.15) is 0 Å². The van der Waals surface area contributed by atoms with Gasteiger partial charge in [0, 0.05) is 5.92 Å². The zero-order valence-electron chi connectivity index (χ0n) is 15.5. The van der Waals surface area contributed by atoms with Crippen molar-refractivity contribution in [3.8, 4) is 0 Å². The summed E-state index contributed by atoms with van der Waals surface area (Å²) >= 11 is 0. The lowest BCUT2D eigenvalue weighted by atomic mass is 9.49. The van der Waals surface area contributed by atoms with Crippen LogP contribution in [0.2, 0.25) is 0 Å². The predicted molar refractivity (Wildman–Crippen MR) is 95.0 cm³/mol. The molecule has 1 heteroatoms. The fourth-order valence-electron chi connectivity index (χ4n) is 7.79. The Bertz CT molecular complexity index is 546. The van der Waals surface area contributed by atoms with Gasteiger partial charge in [0.15, 0.2) is 0 Å². The second kappa shape index (κ2) is 5.20. The third-order valence-electron chi connectivity index (χ3n) is 8.72.